The van der Waals surface area contributed by atoms with Crippen LogP contribution in [0.5, 0.6) is 0 Å². The second kappa shape index (κ2) is 7.37. The van der Waals surface area contributed by atoms with Crippen LogP contribution in [0, 0.1) is 5.82 Å². The van der Waals surface area contributed by atoms with Gasteiger partial charge in [0, 0.05) is 36.8 Å². The van der Waals surface area contributed by atoms with Gasteiger partial charge in [0.25, 0.3) is 5.91 Å². The van der Waals surface area contributed by atoms with Crippen molar-refractivity contribution in [3.05, 3.63) is 70.4 Å². The zero-order valence-corrected chi connectivity index (χ0v) is 15.0. The zero-order valence-electron chi connectivity index (χ0n) is 14.2. The van der Waals surface area contributed by atoms with E-state index < -0.39 is 5.82 Å². The Balaban J connectivity index is 1.52. The van der Waals surface area contributed by atoms with E-state index in [1.54, 1.807) is 40.6 Å². The average Bonchev–Trinajstić information content (AvgIpc) is 3.34. The van der Waals surface area contributed by atoms with Crippen LogP contribution >= 0.6 is 11.3 Å². The zero-order chi connectivity index (χ0) is 17.9. The number of thiazole rings is 1. The Morgan fingerprint density at radius 2 is 2.19 bits per heavy atom. The molecule has 1 aliphatic heterocycles. The summed E-state index contributed by atoms with van der Waals surface area (Å²) in [4.78, 5) is 23.3. The van der Waals surface area contributed by atoms with E-state index >= 15 is 0 Å². The number of piperidine rings is 1. The lowest BCUT2D eigenvalue weighted by Gasteiger charge is -2.32. The van der Waals surface area contributed by atoms with Crippen molar-refractivity contribution < 1.29 is 9.18 Å². The van der Waals surface area contributed by atoms with Crippen LogP contribution in [0.25, 0.3) is 0 Å². The van der Waals surface area contributed by atoms with Crippen molar-refractivity contribution >= 4 is 17.2 Å². The van der Waals surface area contributed by atoms with Gasteiger partial charge >= 0.3 is 0 Å². The van der Waals surface area contributed by atoms with E-state index in [1.165, 1.54) is 6.07 Å². The number of amides is 1. The summed E-state index contributed by atoms with van der Waals surface area (Å²) in [5, 5.41) is 2.03. The van der Waals surface area contributed by atoms with Crippen molar-refractivity contribution in [2.24, 2.45) is 0 Å². The molecule has 26 heavy (non-hydrogen) atoms. The molecular weight excluding hydrogens is 351 g/mol. The molecule has 0 spiro atoms. The van der Waals surface area contributed by atoms with Gasteiger partial charge in [0.1, 0.15) is 11.6 Å². The van der Waals surface area contributed by atoms with Crippen LogP contribution in [0.4, 0.5) is 4.39 Å². The van der Waals surface area contributed by atoms with E-state index in [2.05, 4.69) is 14.5 Å². The van der Waals surface area contributed by atoms with Crippen molar-refractivity contribution in [1.29, 1.82) is 0 Å². The van der Waals surface area contributed by atoms with E-state index in [0.717, 1.165) is 24.4 Å². The number of aromatic nitrogens is 3. The highest BCUT2D eigenvalue weighted by molar-refractivity contribution is 7.07. The Hall–Kier alpha value is -2.54. The molecule has 5 nitrogen and oxygen atoms in total. The molecule has 0 radical (unpaired) electrons. The Morgan fingerprint density at radius 3 is 3.00 bits per heavy atom. The van der Waals surface area contributed by atoms with Crippen LogP contribution in [-0.2, 0) is 6.54 Å². The topological polar surface area (TPSA) is 51.0 Å². The molecule has 134 valence electrons. The van der Waals surface area contributed by atoms with Gasteiger partial charge in [0.2, 0.25) is 0 Å². The van der Waals surface area contributed by atoms with Gasteiger partial charge in [-0.2, -0.15) is 0 Å². The van der Waals surface area contributed by atoms with Gasteiger partial charge in [-0.15, -0.1) is 11.3 Å². The first-order valence-electron chi connectivity index (χ1n) is 8.64. The molecule has 1 unspecified atom stereocenters. The van der Waals surface area contributed by atoms with Crippen molar-refractivity contribution in [3.8, 4) is 0 Å². The summed E-state index contributed by atoms with van der Waals surface area (Å²) in [7, 11) is 0. The highest BCUT2D eigenvalue weighted by atomic mass is 32.1. The van der Waals surface area contributed by atoms with E-state index in [1.807, 2.05) is 17.1 Å². The largest absolute Gasteiger partial charge is 0.338 e. The molecule has 4 rings (SSSR count). The second-order valence-corrected chi connectivity index (χ2v) is 7.18. The third-order valence-electron chi connectivity index (χ3n) is 4.74. The number of hydrogen-bond acceptors (Lipinski definition) is 4. The van der Waals surface area contributed by atoms with Crippen molar-refractivity contribution in [2.45, 2.75) is 25.3 Å². The maximum Gasteiger partial charge on any atom is 0.256 e. The van der Waals surface area contributed by atoms with Gasteiger partial charge in [-0.1, -0.05) is 12.1 Å². The fourth-order valence-corrected chi connectivity index (χ4v) is 4.03. The fourth-order valence-electron chi connectivity index (χ4n) is 3.48. The molecule has 0 bridgehead atoms. The van der Waals surface area contributed by atoms with Gasteiger partial charge in [-0.25, -0.2) is 14.4 Å². The van der Waals surface area contributed by atoms with E-state index in [-0.39, 0.29) is 17.4 Å². The standard InChI is InChI=1S/C19H19FN4OS/c20-17-6-2-1-5-16(17)19(25)24-8-3-4-14(10-24)18-21-7-9-23(18)11-15-12-26-13-22-15/h1-2,5-7,9,12-14H,3-4,8,10-11H2. The van der Waals surface area contributed by atoms with Gasteiger partial charge in [0.15, 0.2) is 0 Å². The summed E-state index contributed by atoms with van der Waals surface area (Å²) in [6.45, 7) is 1.88. The van der Waals surface area contributed by atoms with Crippen LogP contribution in [0.2, 0.25) is 0 Å². The number of rotatable bonds is 4. The lowest BCUT2D eigenvalue weighted by Crippen LogP contribution is -2.40. The molecule has 7 heteroatoms. The summed E-state index contributed by atoms with van der Waals surface area (Å²) < 4.78 is 16.1. The first-order valence-corrected chi connectivity index (χ1v) is 9.58. The number of carbonyl (C=O) groups is 1. The Morgan fingerprint density at radius 1 is 1.31 bits per heavy atom. The molecule has 0 saturated carbocycles. The Kier molecular flexibility index (Phi) is 4.79. The second-order valence-electron chi connectivity index (χ2n) is 6.46. The highest BCUT2D eigenvalue weighted by Gasteiger charge is 2.29. The smallest absolute Gasteiger partial charge is 0.256 e. The molecule has 1 atom stereocenters. The van der Waals surface area contributed by atoms with E-state index in [0.29, 0.717) is 19.6 Å². The van der Waals surface area contributed by atoms with Gasteiger partial charge in [0.05, 0.1) is 23.3 Å². The first-order chi connectivity index (χ1) is 12.7. The van der Waals surface area contributed by atoms with Crippen LogP contribution in [0.1, 0.15) is 40.6 Å². The number of halogens is 1. The van der Waals surface area contributed by atoms with Crippen LogP contribution in [0.15, 0.2) is 47.5 Å². The molecule has 0 aliphatic carbocycles. The number of nitrogens with zero attached hydrogens (tertiary/aromatic N) is 4. The number of likely N-dealkylation sites (tertiary alicyclic amines) is 1. The lowest BCUT2D eigenvalue weighted by atomic mass is 9.96. The minimum absolute atomic E-state index is 0.138. The average molecular weight is 370 g/mol. The van der Waals surface area contributed by atoms with Crippen LogP contribution < -0.4 is 0 Å². The first kappa shape index (κ1) is 16.9. The molecule has 1 fully saturated rings. The van der Waals surface area contributed by atoms with E-state index in [4.69, 9.17) is 0 Å². The van der Waals surface area contributed by atoms with E-state index in [9.17, 15) is 9.18 Å². The summed E-state index contributed by atoms with van der Waals surface area (Å²) in [6.07, 6.45) is 5.59. The van der Waals surface area contributed by atoms with Crippen molar-refractivity contribution in [1.82, 2.24) is 19.4 Å². The summed E-state index contributed by atoms with van der Waals surface area (Å²) in [6, 6.07) is 6.17. The number of carbonyl (C=O) groups excluding carboxylic acids is 1. The lowest BCUT2D eigenvalue weighted by molar-refractivity contribution is 0.0698. The molecule has 1 saturated heterocycles. The SMILES string of the molecule is O=C(c1ccccc1F)N1CCCC(c2nccn2Cc2cscn2)C1. The molecular formula is C19H19FN4OS. The quantitative estimate of drug-likeness (QED) is 0.706. The predicted molar refractivity (Wildman–Crippen MR) is 97.7 cm³/mol. The maximum atomic E-state index is 14.0. The normalized spacial score (nSPS) is 17.4. The number of hydrogen-bond donors (Lipinski definition) is 0. The minimum Gasteiger partial charge on any atom is -0.338 e. The molecule has 3 aromatic rings. The van der Waals surface area contributed by atoms with Gasteiger partial charge in [-0.3, -0.25) is 4.79 Å². The molecule has 3 heterocycles. The van der Waals surface area contributed by atoms with Crippen LogP contribution in [-0.4, -0.2) is 38.4 Å². The summed E-state index contributed by atoms with van der Waals surface area (Å²) in [5.41, 5.74) is 2.96. The maximum absolute atomic E-state index is 14.0. The third kappa shape index (κ3) is 3.39. The molecule has 1 amide bonds. The molecule has 0 N–H and O–H groups in total. The van der Waals surface area contributed by atoms with Crippen LogP contribution in [0.3, 0.4) is 0 Å². The van der Waals surface area contributed by atoms with Gasteiger partial charge in [-0.05, 0) is 25.0 Å². The number of imidazole rings is 1. The van der Waals surface area contributed by atoms with Gasteiger partial charge < -0.3 is 9.47 Å². The predicted octanol–water partition coefficient (Wildman–Crippen LogP) is 3.55. The molecule has 1 aliphatic rings. The molecule has 2 aromatic heterocycles. The minimum atomic E-state index is -0.468. The van der Waals surface area contributed by atoms with Crippen molar-refractivity contribution in [3.63, 3.8) is 0 Å². The number of benzene rings is 1. The highest BCUT2D eigenvalue weighted by Crippen LogP contribution is 2.27. The third-order valence-corrected chi connectivity index (χ3v) is 5.38. The summed E-state index contributed by atoms with van der Waals surface area (Å²) >= 11 is 1.57. The summed E-state index contributed by atoms with van der Waals surface area (Å²) in [5.74, 6) is 0.396. The fraction of sp³-hybridized carbons (Fsp3) is 0.316. The molecule has 1 aromatic carbocycles. The monoisotopic (exact) mass is 370 g/mol. The van der Waals surface area contributed by atoms with Crippen molar-refractivity contribution in [2.75, 3.05) is 13.1 Å². The Labute approximate surface area is 155 Å². The Bertz CT molecular complexity index is 893.